The molecule has 1 saturated heterocycles. The average Bonchev–Trinajstić information content (AvgIpc) is 2.94. The number of amides is 1. The summed E-state index contributed by atoms with van der Waals surface area (Å²) in [6.45, 7) is 9.66. The molecule has 1 N–H and O–H groups in total. The third-order valence-corrected chi connectivity index (χ3v) is 8.22. The monoisotopic (exact) mass is 554 g/mol. The summed E-state index contributed by atoms with van der Waals surface area (Å²) in [5, 5.41) is 11.4. The SMILES string of the molecule is C=C(Cl)C(C)C(C)(Cc1cc(F)c(C(=O)N2CCN(c3ccc(F)cc3)CC2)cc1O)c1ccc(OC)cc1. The number of nitrogens with zero attached hydrogens (tertiary/aromatic N) is 2. The highest BCUT2D eigenvalue weighted by atomic mass is 35.5. The fraction of sp³-hybridized carbons (Fsp3) is 0.323. The zero-order valence-electron chi connectivity index (χ0n) is 22.4. The molecular weight excluding hydrogens is 522 g/mol. The quantitative estimate of drug-likeness (QED) is 0.344. The number of carbonyl (C=O) groups excluding carboxylic acids is 1. The first-order valence-electron chi connectivity index (χ1n) is 12.8. The molecule has 1 aliphatic heterocycles. The maximum atomic E-state index is 15.4. The third kappa shape index (κ3) is 6.04. The summed E-state index contributed by atoms with van der Waals surface area (Å²) >= 11 is 6.34. The van der Waals surface area contributed by atoms with E-state index in [1.807, 2.05) is 43.0 Å². The smallest absolute Gasteiger partial charge is 0.257 e. The van der Waals surface area contributed by atoms with E-state index in [-0.39, 0.29) is 29.5 Å². The van der Waals surface area contributed by atoms with Gasteiger partial charge in [0.15, 0.2) is 0 Å². The van der Waals surface area contributed by atoms with Gasteiger partial charge in [-0.25, -0.2) is 8.78 Å². The van der Waals surface area contributed by atoms with Crippen molar-refractivity contribution in [3.63, 3.8) is 0 Å². The molecule has 206 valence electrons. The molecule has 39 heavy (non-hydrogen) atoms. The first-order valence-corrected chi connectivity index (χ1v) is 13.2. The molecule has 0 bridgehead atoms. The molecule has 2 unspecified atom stereocenters. The number of ether oxygens (including phenoxy) is 1. The van der Waals surface area contributed by atoms with Crippen LogP contribution in [0.5, 0.6) is 11.5 Å². The van der Waals surface area contributed by atoms with E-state index in [4.69, 9.17) is 16.3 Å². The lowest BCUT2D eigenvalue weighted by Crippen LogP contribution is -2.49. The maximum Gasteiger partial charge on any atom is 0.257 e. The van der Waals surface area contributed by atoms with Gasteiger partial charge in [0.1, 0.15) is 23.1 Å². The average molecular weight is 555 g/mol. The van der Waals surface area contributed by atoms with E-state index in [0.29, 0.717) is 42.5 Å². The molecule has 1 heterocycles. The van der Waals surface area contributed by atoms with Gasteiger partial charge in [-0.1, -0.05) is 44.2 Å². The van der Waals surface area contributed by atoms with Crippen molar-refractivity contribution in [1.82, 2.24) is 4.90 Å². The highest BCUT2D eigenvalue weighted by molar-refractivity contribution is 6.29. The van der Waals surface area contributed by atoms with Gasteiger partial charge in [0, 0.05) is 48.2 Å². The molecule has 0 radical (unpaired) electrons. The van der Waals surface area contributed by atoms with Crippen LogP contribution in [0.2, 0.25) is 0 Å². The van der Waals surface area contributed by atoms with Gasteiger partial charge in [0.25, 0.3) is 5.91 Å². The molecule has 0 aromatic heterocycles. The van der Waals surface area contributed by atoms with Gasteiger partial charge in [-0.05, 0) is 66.1 Å². The second kappa shape index (κ2) is 11.7. The van der Waals surface area contributed by atoms with Gasteiger partial charge < -0.3 is 19.6 Å². The normalized spacial score (nSPS) is 15.9. The summed E-state index contributed by atoms with van der Waals surface area (Å²) in [6, 6.07) is 16.2. The Morgan fingerprint density at radius 1 is 1.08 bits per heavy atom. The van der Waals surface area contributed by atoms with Gasteiger partial charge in [0.05, 0.1) is 12.7 Å². The van der Waals surface area contributed by atoms with Crippen LogP contribution in [0.15, 0.2) is 72.3 Å². The predicted molar refractivity (Wildman–Crippen MR) is 151 cm³/mol. The number of phenolic OH excluding ortho intramolecular Hbond substituents is 1. The lowest BCUT2D eigenvalue weighted by Gasteiger charge is -2.37. The van der Waals surface area contributed by atoms with Crippen molar-refractivity contribution in [2.75, 3.05) is 38.2 Å². The molecule has 4 rings (SSSR count). The Bertz CT molecular complexity index is 1340. The van der Waals surface area contributed by atoms with Crippen LogP contribution in [-0.4, -0.2) is 49.2 Å². The number of aromatic hydroxyl groups is 1. The van der Waals surface area contributed by atoms with Crippen LogP contribution in [0.1, 0.15) is 35.3 Å². The Morgan fingerprint density at radius 2 is 1.69 bits per heavy atom. The van der Waals surface area contributed by atoms with Gasteiger partial charge >= 0.3 is 0 Å². The van der Waals surface area contributed by atoms with E-state index in [1.54, 1.807) is 24.1 Å². The van der Waals surface area contributed by atoms with Crippen LogP contribution in [0.3, 0.4) is 0 Å². The number of allylic oxidation sites excluding steroid dienone is 1. The molecule has 1 fully saturated rings. The Balaban J connectivity index is 1.54. The number of benzene rings is 3. The molecule has 0 spiro atoms. The van der Waals surface area contributed by atoms with E-state index >= 15 is 4.39 Å². The first-order chi connectivity index (χ1) is 18.5. The van der Waals surface area contributed by atoms with E-state index in [0.717, 1.165) is 11.3 Å². The molecule has 1 aliphatic rings. The highest BCUT2D eigenvalue weighted by Gasteiger charge is 2.36. The van der Waals surface area contributed by atoms with Crippen molar-refractivity contribution < 1.29 is 23.4 Å². The van der Waals surface area contributed by atoms with E-state index in [9.17, 15) is 14.3 Å². The summed E-state index contributed by atoms with van der Waals surface area (Å²) in [4.78, 5) is 16.8. The number of methoxy groups -OCH3 is 1. The Morgan fingerprint density at radius 3 is 2.26 bits per heavy atom. The summed E-state index contributed by atoms with van der Waals surface area (Å²) in [6.07, 6.45) is 0.264. The molecular formula is C31H33ClF2N2O3. The molecule has 8 heteroatoms. The van der Waals surface area contributed by atoms with E-state index < -0.39 is 17.1 Å². The van der Waals surface area contributed by atoms with Crippen molar-refractivity contribution in [3.05, 3.63) is 101 Å². The number of carbonyl (C=O) groups is 1. The highest BCUT2D eigenvalue weighted by Crippen LogP contribution is 2.42. The number of hydrogen-bond acceptors (Lipinski definition) is 4. The second-order valence-electron chi connectivity index (χ2n) is 10.2. The zero-order chi connectivity index (χ0) is 28.3. The largest absolute Gasteiger partial charge is 0.508 e. The van der Waals surface area contributed by atoms with E-state index in [1.165, 1.54) is 24.3 Å². The third-order valence-electron chi connectivity index (χ3n) is 7.89. The Hall–Kier alpha value is -3.58. The molecule has 0 aliphatic carbocycles. The van der Waals surface area contributed by atoms with E-state index in [2.05, 4.69) is 6.58 Å². The molecule has 5 nitrogen and oxygen atoms in total. The number of phenols is 1. The van der Waals surface area contributed by atoms with Gasteiger partial charge in [-0.3, -0.25) is 4.79 Å². The topological polar surface area (TPSA) is 53.0 Å². The predicted octanol–water partition coefficient (Wildman–Crippen LogP) is 6.53. The lowest BCUT2D eigenvalue weighted by molar-refractivity contribution is 0.0741. The number of rotatable bonds is 8. The van der Waals surface area contributed by atoms with Crippen LogP contribution in [0.4, 0.5) is 14.5 Å². The van der Waals surface area contributed by atoms with Crippen molar-refractivity contribution >= 4 is 23.2 Å². The minimum absolute atomic E-state index is 0.156. The molecule has 0 saturated carbocycles. The standard InChI is InChI=1S/C31H33ClF2N2O3/c1-20(21(2)32)31(3,23-5-11-26(39-4)12-6-23)19-22-17-28(34)27(18-29(22)37)30(38)36-15-13-35(14-16-36)25-9-7-24(33)8-10-25/h5-12,17-18,20,37H,2,13-16,19H2,1,3-4H3. The minimum atomic E-state index is -0.691. The van der Waals surface area contributed by atoms with Crippen LogP contribution < -0.4 is 9.64 Å². The number of halogens is 3. The van der Waals surface area contributed by atoms with Crippen molar-refractivity contribution in [2.45, 2.75) is 25.7 Å². The summed E-state index contributed by atoms with van der Waals surface area (Å²) in [5.74, 6) is -1.14. The number of hydrogen-bond donors (Lipinski definition) is 1. The van der Waals surface area contributed by atoms with Crippen molar-refractivity contribution in [2.24, 2.45) is 5.92 Å². The fourth-order valence-electron chi connectivity index (χ4n) is 5.12. The summed E-state index contributed by atoms with van der Waals surface area (Å²) < 4.78 is 33.9. The summed E-state index contributed by atoms with van der Waals surface area (Å²) in [5.41, 5.74) is 1.36. The van der Waals surface area contributed by atoms with Gasteiger partial charge in [-0.15, -0.1) is 0 Å². The second-order valence-corrected chi connectivity index (χ2v) is 10.7. The van der Waals surface area contributed by atoms with Crippen LogP contribution in [-0.2, 0) is 11.8 Å². The van der Waals surface area contributed by atoms with Crippen LogP contribution >= 0.6 is 11.6 Å². The van der Waals surface area contributed by atoms with Gasteiger partial charge in [0.2, 0.25) is 0 Å². The van der Waals surface area contributed by atoms with Crippen molar-refractivity contribution in [3.8, 4) is 11.5 Å². The number of anilines is 1. The van der Waals surface area contributed by atoms with Crippen LogP contribution in [0, 0.1) is 17.6 Å². The zero-order valence-corrected chi connectivity index (χ0v) is 23.1. The fourth-order valence-corrected chi connectivity index (χ4v) is 5.36. The van der Waals surface area contributed by atoms with Crippen LogP contribution in [0.25, 0.3) is 0 Å². The molecule has 3 aromatic carbocycles. The minimum Gasteiger partial charge on any atom is -0.508 e. The summed E-state index contributed by atoms with van der Waals surface area (Å²) in [7, 11) is 1.59. The van der Waals surface area contributed by atoms with Crippen molar-refractivity contribution in [1.29, 1.82) is 0 Å². The van der Waals surface area contributed by atoms with Gasteiger partial charge in [-0.2, -0.15) is 0 Å². The number of piperazine rings is 1. The Kier molecular flexibility index (Phi) is 8.50. The maximum absolute atomic E-state index is 15.4. The Labute approximate surface area is 233 Å². The lowest BCUT2D eigenvalue weighted by atomic mass is 9.68. The first kappa shape index (κ1) is 28.4. The molecule has 2 atom stereocenters. The molecule has 1 amide bonds. The molecule has 3 aromatic rings.